The summed E-state index contributed by atoms with van der Waals surface area (Å²) in [5.74, 6) is 1.22. The van der Waals surface area contributed by atoms with Crippen molar-refractivity contribution in [3.8, 4) is 0 Å². The van der Waals surface area contributed by atoms with E-state index in [0.717, 1.165) is 38.2 Å². The van der Waals surface area contributed by atoms with E-state index >= 15 is 0 Å². The molecule has 1 amide bonds. The molecular weight excluding hydrogens is 258 g/mol. The summed E-state index contributed by atoms with van der Waals surface area (Å²) in [6.07, 6.45) is 5.69. The fourth-order valence-electron chi connectivity index (χ4n) is 2.97. The van der Waals surface area contributed by atoms with Gasteiger partial charge in [0.25, 0.3) is 0 Å². The second-order valence-electron chi connectivity index (χ2n) is 5.55. The normalized spacial score (nSPS) is 26.8. The first-order chi connectivity index (χ1) is 9.58. The summed E-state index contributed by atoms with van der Waals surface area (Å²) in [6.45, 7) is 2.34. The van der Waals surface area contributed by atoms with Crippen LogP contribution in [0.5, 0.6) is 0 Å². The Balaban J connectivity index is 1.73. The number of nitrogen functional groups attached to an aromatic ring is 1. The Hall–Kier alpha value is -2.05. The van der Waals surface area contributed by atoms with Crippen molar-refractivity contribution < 1.29 is 9.53 Å². The zero-order chi connectivity index (χ0) is 14.2. The zero-order valence-corrected chi connectivity index (χ0v) is 11.6. The highest BCUT2D eigenvalue weighted by molar-refractivity contribution is 5.70. The first-order valence-corrected chi connectivity index (χ1v) is 6.85. The van der Waals surface area contributed by atoms with Crippen LogP contribution in [0.4, 0.5) is 16.4 Å². The third-order valence-electron chi connectivity index (χ3n) is 4.00. The molecule has 1 unspecified atom stereocenters. The van der Waals surface area contributed by atoms with Crippen molar-refractivity contribution in [2.45, 2.75) is 24.9 Å². The van der Waals surface area contributed by atoms with Crippen molar-refractivity contribution >= 4 is 17.7 Å². The maximum absolute atomic E-state index is 11.6. The predicted octanol–water partition coefficient (Wildman–Crippen LogP) is 0.870. The average molecular weight is 277 g/mol. The summed E-state index contributed by atoms with van der Waals surface area (Å²) < 4.78 is 5.59. The summed E-state index contributed by atoms with van der Waals surface area (Å²) in [5.41, 5.74) is 5.34. The molecular formula is C13H19N5O2. The van der Waals surface area contributed by atoms with Crippen LogP contribution in [-0.2, 0) is 4.74 Å². The number of carbonyl (C=O) groups excluding carboxylic acids is 1. The van der Waals surface area contributed by atoms with Crippen LogP contribution in [0.25, 0.3) is 0 Å². The summed E-state index contributed by atoms with van der Waals surface area (Å²) >= 11 is 0. The largest absolute Gasteiger partial charge is 0.441 e. The molecule has 0 aromatic carbocycles. The molecule has 2 N–H and O–H groups in total. The number of amides is 1. The van der Waals surface area contributed by atoms with Crippen LogP contribution in [-0.4, -0.2) is 53.2 Å². The van der Waals surface area contributed by atoms with Gasteiger partial charge in [0, 0.05) is 26.6 Å². The van der Waals surface area contributed by atoms with E-state index in [2.05, 4.69) is 14.9 Å². The van der Waals surface area contributed by atoms with Gasteiger partial charge in [-0.2, -0.15) is 0 Å². The van der Waals surface area contributed by atoms with E-state index in [-0.39, 0.29) is 11.7 Å². The van der Waals surface area contributed by atoms with Crippen LogP contribution in [0.1, 0.15) is 19.3 Å². The first kappa shape index (κ1) is 13.0. The van der Waals surface area contributed by atoms with Crippen molar-refractivity contribution in [2.24, 2.45) is 0 Å². The SMILES string of the molecule is CN1CC2(CCCN(c3cncc(N)n3)CC2)OC1=O. The minimum absolute atomic E-state index is 0.220. The Kier molecular flexibility index (Phi) is 3.11. The lowest BCUT2D eigenvalue weighted by Crippen LogP contribution is -2.35. The van der Waals surface area contributed by atoms with E-state index in [4.69, 9.17) is 10.5 Å². The molecule has 108 valence electrons. The lowest BCUT2D eigenvalue weighted by Gasteiger charge is -2.25. The van der Waals surface area contributed by atoms with Crippen molar-refractivity contribution in [1.29, 1.82) is 0 Å². The summed E-state index contributed by atoms with van der Waals surface area (Å²) in [5, 5.41) is 0. The number of anilines is 2. The monoisotopic (exact) mass is 277 g/mol. The molecule has 0 bridgehead atoms. The highest BCUT2D eigenvalue weighted by Crippen LogP contribution is 2.33. The van der Waals surface area contributed by atoms with Gasteiger partial charge in [-0.15, -0.1) is 0 Å². The highest BCUT2D eigenvalue weighted by Gasteiger charge is 2.44. The predicted molar refractivity (Wildman–Crippen MR) is 74.4 cm³/mol. The van der Waals surface area contributed by atoms with Gasteiger partial charge in [0.1, 0.15) is 17.2 Å². The first-order valence-electron chi connectivity index (χ1n) is 6.85. The van der Waals surface area contributed by atoms with Crippen LogP contribution < -0.4 is 10.6 Å². The van der Waals surface area contributed by atoms with Crippen molar-refractivity contribution in [1.82, 2.24) is 14.9 Å². The number of rotatable bonds is 1. The number of hydrogen-bond donors (Lipinski definition) is 1. The topological polar surface area (TPSA) is 84.6 Å². The van der Waals surface area contributed by atoms with Crippen LogP contribution in [0.15, 0.2) is 12.4 Å². The molecule has 7 nitrogen and oxygen atoms in total. The minimum Gasteiger partial charge on any atom is -0.441 e. The van der Waals surface area contributed by atoms with Gasteiger partial charge in [-0.3, -0.25) is 4.98 Å². The number of likely N-dealkylation sites (N-methyl/N-ethyl adjacent to an activating group) is 1. The number of hydrogen-bond acceptors (Lipinski definition) is 6. The molecule has 20 heavy (non-hydrogen) atoms. The molecule has 0 aliphatic carbocycles. The number of aromatic nitrogens is 2. The van der Waals surface area contributed by atoms with Crippen LogP contribution in [0, 0.1) is 0 Å². The van der Waals surface area contributed by atoms with Crippen LogP contribution in [0.2, 0.25) is 0 Å². The summed E-state index contributed by atoms with van der Waals surface area (Å²) in [6, 6.07) is 0. The Labute approximate surface area is 117 Å². The molecule has 3 heterocycles. The fraction of sp³-hybridized carbons (Fsp3) is 0.615. The molecule has 7 heteroatoms. The molecule has 2 aliphatic rings. The third kappa shape index (κ3) is 2.35. The Morgan fingerprint density at radius 3 is 2.90 bits per heavy atom. The smallest absolute Gasteiger partial charge is 0.410 e. The Bertz CT molecular complexity index is 523. The van der Waals surface area contributed by atoms with Gasteiger partial charge in [-0.05, 0) is 12.8 Å². The standard InChI is InChI=1S/C13H19N5O2/c1-17-9-13(20-12(17)19)3-2-5-18(6-4-13)11-8-15-7-10(14)16-11/h7-8H,2-6,9H2,1H3,(H2,14,16). The van der Waals surface area contributed by atoms with E-state index in [1.54, 1.807) is 18.1 Å². The van der Waals surface area contributed by atoms with Crippen molar-refractivity contribution in [3.05, 3.63) is 12.4 Å². The third-order valence-corrected chi connectivity index (χ3v) is 4.00. The van der Waals surface area contributed by atoms with E-state index < -0.39 is 0 Å². The van der Waals surface area contributed by atoms with E-state index in [1.165, 1.54) is 6.20 Å². The van der Waals surface area contributed by atoms with Crippen molar-refractivity contribution in [2.75, 3.05) is 37.3 Å². The van der Waals surface area contributed by atoms with Gasteiger partial charge in [0.05, 0.1) is 18.9 Å². The molecule has 3 rings (SSSR count). The quantitative estimate of drug-likeness (QED) is 0.820. The molecule has 1 aromatic heterocycles. The van der Waals surface area contributed by atoms with E-state index in [0.29, 0.717) is 12.4 Å². The molecule has 2 aliphatic heterocycles. The van der Waals surface area contributed by atoms with Gasteiger partial charge < -0.3 is 20.3 Å². The molecule has 2 saturated heterocycles. The van der Waals surface area contributed by atoms with E-state index in [9.17, 15) is 4.79 Å². The van der Waals surface area contributed by atoms with Gasteiger partial charge in [-0.1, -0.05) is 0 Å². The van der Waals surface area contributed by atoms with Gasteiger partial charge in [-0.25, -0.2) is 9.78 Å². The second kappa shape index (κ2) is 4.81. The minimum atomic E-state index is -0.339. The summed E-state index contributed by atoms with van der Waals surface area (Å²) in [4.78, 5) is 23.8. The van der Waals surface area contributed by atoms with Crippen molar-refractivity contribution in [3.63, 3.8) is 0 Å². The molecule has 0 radical (unpaired) electrons. The summed E-state index contributed by atoms with van der Waals surface area (Å²) in [7, 11) is 1.78. The highest BCUT2D eigenvalue weighted by atomic mass is 16.6. The zero-order valence-electron chi connectivity index (χ0n) is 11.6. The Morgan fingerprint density at radius 1 is 1.35 bits per heavy atom. The van der Waals surface area contributed by atoms with E-state index in [1.807, 2.05) is 0 Å². The molecule has 1 aromatic rings. The fourth-order valence-corrected chi connectivity index (χ4v) is 2.97. The number of nitrogens with zero attached hydrogens (tertiary/aromatic N) is 4. The molecule has 2 fully saturated rings. The lowest BCUT2D eigenvalue weighted by molar-refractivity contribution is 0.0473. The number of nitrogens with two attached hydrogens (primary N) is 1. The Morgan fingerprint density at radius 2 is 2.20 bits per heavy atom. The lowest BCUT2D eigenvalue weighted by atomic mass is 9.95. The molecule has 1 spiro atoms. The van der Waals surface area contributed by atoms with Gasteiger partial charge in [0.2, 0.25) is 0 Å². The van der Waals surface area contributed by atoms with Crippen LogP contribution >= 0.6 is 0 Å². The number of carbonyl (C=O) groups is 1. The van der Waals surface area contributed by atoms with Gasteiger partial charge >= 0.3 is 6.09 Å². The second-order valence-corrected chi connectivity index (χ2v) is 5.55. The van der Waals surface area contributed by atoms with Gasteiger partial charge in [0.15, 0.2) is 0 Å². The van der Waals surface area contributed by atoms with Crippen LogP contribution in [0.3, 0.4) is 0 Å². The molecule has 1 atom stereocenters. The number of ether oxygens (including phenoxy) is 1. The maximum atomic E-state index is 11.6. The maximum Gasteiger partial charge on any atom is 0.410 e. The molecule has 0 saturated carbocycles. The average Bonchev–Trinajstić information content (AvgIpc) is 2.59.